The molecule has 0 atom stereocenters. The zero-order valence-electron chi connectivity index (χ0n) is 10.3. The lowest BCUT2D eigenvalue weighted by Gasteiger charge is -2.24. The fourth-order valence-corrected chi connectivity index (χ4v) is 2.49. The summed E-state index contributed by atoms with van der Waals surface area (Å²) < 4.78 is 1.88. The van der Waals surface area contributed by atoms with Crippen molar-refractivity contribution in [2.75, 3.05) is 5.32 Å². The number of hydrogen-bond acceptors (Lipinski definition) is 2. The third-order valence-electron chi connectivity index (χ3n) is 3.16. The molecule has 1 aromatic rings. The fraction of sp³-hybridized carbons (Fsp3) is 0.667. The van der Waals surface area contributed by atoms with Crippen LogP contribution in [0.4, 0.5) is 5.69 Å². The molecule has 1 aromatic heterocycles. The molecule has 0 saturated heterocycles. The van der Waals surface area contributed by atoms with E-state index in [1.807, 2.05) is 10.9 Å². The third-order valence-corrected chi connectivity index (χ3v) is 3.38. The summed E-state index contributed by atoms with van der Waals surface area (Å²) in [7, 11) is 0. The van der Waals surface area contributed by atoms with E-state index in [0.29, 0.717) is 11.2 Å². The third kappa shape index (κ3) is 3.70. The Balaban J connectivity index is 1.79. The largest absolute Gasteiger partial charge is 0.360 e. The Hall–Kier alpha value is -1.10. The summed E-state index contributed by atoms with van der Waals surface area (Å²) in [6.07, 6.45) is 10.2. The zero-order chi connectivity index (χ0) is 12.1. The molecule has 1 fully saturated rings. The highest BCUT2D eigenvalue weighted by atomic mass is 32.1. The lowest BCUT2D eigenvalue weighted by Crippen LogP contribution is -2.38. The smallest absolute Gasteiger partial charge is 0.171 e. The monoisotopic (exact) mass is 252 g/mol. The van der Waals surface area contributed by atoms with Crippen molar-refractivity contribution in [3.63, 3.8) is 0 Å². The summed E-state index contributed by atoms with van der Waals surface area (Å²) in [6.45, 7) is 2.94. The van der Waals surface area contributed by atoms with Gasteiger partial charge in [0.25, 0.3) is 0 Å². The van der Waals surface area contributed by atoms with E-state index >= 15 is 0 Å². The Bertz CT molecular complexity index is 368. The highest BCUT2D eigenvalue weighted by molar-refractivity contribution is 7.80. The van der Waals surface area contributed by atoms with Gasteiger partial charge in [-0.15, -0.1) is 0 Å². The SMILES string of the molecule is CCn1cc(NC(=S)NC2CCCCC2)cn1. The Labute approximate surface area is 108 Å². The first kappa shape index (κ1) is 12.4. The van der Waals surface area contributed by atoms with Crippen LogP contribution in [0, 0.1) is 0 Å². The van der Waals surface area contributed by atoms with Gasteiger partial charge in [-0.2, -0.15) is 5.10 Å². The summed E-state index contributed by atoms with van der Waals surface area (Å²) in [6, 6.07) is 0.546. The molecule has 0 aliphatic heterocycles. The molecular weight excluding hydrogens is 232 g/mol. The van der Waals surface area contributed by atoms with Gasteiger partial charge in [-0.1, -0.05) is 19.3 Å². The van der Waals surface area contributed by atoms with Crippen molar-refractivity contribution in [1.29, 1.82) is 0 Å². The first-order valence-corrected chi connectivity index (χ1v) is 6.78. The van der Waals surface area contributed by atoms with Gasteiger partial charge in [0.2, 0.25) is 0 Å². The van der Waals surface area contributed by atoms with Crippen LogP contribution in [0.3, 0.4) is 0 Å². The fourth-order valence-electron chi connectivity index (χ4n) is 2.20. The second-order valence-corrected chi connectivity index (χ2v) is 4.93. The molecular formula is C12H20N4S. The molecule has 0 bridgehead atoms. The predicted molar refractivity (Wildman–Crippen MR) is 74.1 cm³/mol. The van der Waals surface area contributed by atoms with Crippen molar-refractivity contribution >= 4 is 23.0 Å². The van der Waals surface area contributed by atoms with Crippen LogP contribution in [0.25, 0.3) is 0 Å². The van der Waals surface area contributed by atoms with Crippen LogP contribution >= 0.6 is 12.2 Å². The number of nitrogens with zero attached hydrogens (tertiary/aromatic N) is 2. The molecule has 0 aromatic carbocycles. The van der Waals surface area contributed by atoms with E-state index < -0.39 is 0 Å². The van der Waals surface area contributed by atoms with Gasteiger partial charge in [0.1, 0.15) is 0 Å². The van der Waals surface area contributed by atoms with E-state index in [4.69, 9.17) is 12.2 Å². The molecule has 1 aliphatic carbocycles. The maximum atomic E-state index is 5.30. The number of anilines is 1. The summed E-state index contributed by atoms with van der Waals surface area (Å²) in [5.74, 6) is 0. The molecule has 2 N–H and O–H groups in total. The van der Waals surface area contributed by atoms with Gasteiger partial charge < -0.3 is 10.6 Å². The molecule has 0 unspecified atom stereocenters. The molecule has 1 saturated carbocycles. The van der Waals surface area contributed by atoms with Gasteiger partial charge in [-0.3, -0.25) is 4.68 Å². The van der Waals surface area contributed by atoms with Crippen molar-refractivity contribution in [3.05, 3.63) is 12.4 Å². The maximum Gasteiger partial charge on any atom is 0.171 e. The number of aryl methyl sites for hydroxylation is 1. The Kier molecular flexibility index (Phi) is 4.36. The minimum Gasteiger partial charge on any atom is -0.360 e. The van der Waals surface area contributed by atoms with E-state index in [1.54, 1.807) is 6.20 Å². The van der Waals surface area contributed by atoms with Crippen molar-refractivity contribution in [1.82, 2.24) is 15.1 Å². The van der Waals surface area contributed by atoms with Crippen LogP contribution in [-0.2, 0) is 6.54 Å². The van der Waals surface area contributed by atoms with E-state index in [-0.39, 0.29) is 0 Å². The number of aromatic nitrogens is 2. The molecule has 5 heteroatoms. The molecule has 4 nitrogen and oxygen atoms in total. The molecule has 1 aliphatic rings. The van der Waals surface area contributed by atoms with Crippen LogP contribution in [0.1, 0.15) is 39.0 Å². The van der Waals surface area contributed by atoms with Gasteiger partial charge in [-0.05, 0) is 32.0 Å². The van der Waals surface area contributed by atoms with Gasteiger partial charge in [0.05, 0.1) is 11.9 Å². The topological polar surface area (TPSA) is 41.9 Å². The lowest BCUT2D eigenvalue weighted by atomic mass is 9.96. The Morgan fingerprint density at radius 1 is 1.47 bits per heavy atom. The molecule has 94 valence electrons. The van der Waals surface area contributed by atoms with Gasteiger partial charge in [0.15, 0.2) is 5.11 Å². The minimum atomic E-state index is 0.546. The van der Waals surface area contributed by atoms with Crippen LogP contribution in [0.15, 0.2) is 12.4 Å². The minimum absolute atomic E-state index is 0.546. The second-order valence-electron chi connectivity index (χ2n) is 4.52. The molecule has 0 radical (unpaired) electrons. The Morgan fingerprint density at radius 2 is 2.24 bits per heavy atom. The van der Waals surface area contributed by atoms with Gasteiger partial charge in [0, 0.05) is 18.8 Å². The summed E-state index contributed by atoms with van der Waals surface area (Å²) >= 11 is 5.30. The van der Waals surface area contributed by atoms with E-state index in [2.05, 4.69) is 22.7 Å². The number of rotatable bonds is 3. The van der Waals surface area contributed by atoms with Gasteiger partial charge >= 0.3 is 0 Å². The standard InChI is InChI=1S/C12H20N4S/c1-2-16-9-11(8-13-16)15-12(17)14-10-6-4-3-5-7-10/h8-10H,2-7H2,1H3,(H2,14,15,17). The lowest BCUT2D eigenvalue weighted by molar-refractivity contribution is 0.415. The number of nitrogens with one attached hydrogen (secondary N) is 2. The van der Waals surface area contributed by atoms with Crippen LogP contribution in [0.5, 0.6) is 0 Å². The van der Waals surface area contributed by atoms with Crippen LogP contribution in [-0.4, -0.2) is 20.9 Å². The maximum absolute atomic E-state index is 5.30. The highest BCUT2D eigenvalue weighted by Crippen LogP contribution is 2.17. The van der Waals surface area contributed by atoms with Crippen molar-refractivity contribution in [2.24, 2.45) is 0 Å². The van der Waals surface area contributed by atoms with Gasteiger partial charge in [-0.25, -0.2) is 0 Å². The quantitative estimate of drug-likeness (QED) is 0.811. The summed E-state index contributed by atoms with van der Waals surface area (Å²) in [5.41, 5.74) is 0.958. The predicted octanol–water partition coefficient (Wildman–Crippen LogP) is 2.52. The summed E-state index contributed by atoms with van der Waals surface area (Å²) in [5, 5.41) is 11.5. The average molecular weight is 252 g/mol. The first-order valence-electron chi connectivity index (χ1n) is 6.38. The molecule has 17 heavy (non-hydrogen) atoms. The zero-order valence-corrected chi connectivity index (χ0v) is 11.1. The van der Waals surface area contributed by atoms with E-state index in [9.17, 15) is 0 Å². The van der Waals surface area contributed by atoms with Crippen molar-refractivity contribution in [2.45, 2.75) is 51.6 Å². The van der Waals surface area contributed by atoms with E-state index in [0.717, 1.165) is 12.2 Å². The van der Waals surface area contributed by atoms with Crippen molar-refractivity contribution < 1.29 is 0 Å². The molecule has 0 amide bonds. The second kappa shape index (κ2) is 6.00. The highest BCUT2D eigenvalue weighted by Gasteiger charge is 2.14. The van der Waals surface area contributed by atoms with E-state index in [1.165, 1.54) is 32.1 Å². The van der Waals surface area contributed by atoms with Crippen LogP contribution < -0.4 is 10.6 Å². The molecule has 2 rings (SSSR count). The molecule has 1 heterocycles. The summed E-state index contributed by atoms with van der Waals surface area (Å²) in [4.78, 5) is 0. The van der Waals surface area contributed by atoms with Crippen molar-refractivity contribution in [3.8, 4) is 0 Å². The Morgan fingerprint density at radius 3 is 2.88 bits per heavy atom. The number of hydrogen-bond donors (Lipinski definition) is 2. The first-order chi connectivity index (χ1) is 8.28. The molecule has 0 spiro atoms. The number of thiocarbonyl (C=S) groups is 1. The average Bonchev–Trinajstić information content (AvgIpc) is 2.78. The normalized spacial score (nSPS) is 16.8. The van der Waals surface area contributed by atoms with Crippen LogP contribution in [0.2, 0.25) is 0 Å².